The minimum atomic E-state index is -0.0312. The van der Waals surface area contributed by atoms with E-state index in [-0.39, 0.29) is 5.54 Å². The summed E-state index contributed by atoms with van der Waals surface area (Å²) in [6.07, 6.45) is 6.81. The standard InChI is InChI=1S/C21H27N5O/c1-2-4-19(5-3-1)26-20(22-23-24-26)21(25-6-8-27-9-7-25)17-11-15-10-16(13-17)14-18(21)12-15/h1-5,15-18H,6-14H2. The van der Waals surface area contributed by atoms with Crippen LogP contribution in [-0.2, 0) is 10.3 Å². The zero-order valence-corrected chi connectivity index (χ0v) is 15.7. The van der Waals surface area contributed by atoms with Crippen molar-refractivity contribution < 1.29 is 4.74 Å². The van der Waals surface area contributed by atoms with Gasteiger partial charge in [0.2, 0.25) is 0 Å². The molecule has 4 aliphatic carbocycles. The van der Waals surface area contributed by atoms with Crippen molar-refractivity contribution in [3.63, 3.8) is 0 Å². The van der Waals surface area contributed by atoms with Crippen molar-refractivity contribution in [3.05, 3.63) is 36.2 Å². The van der Waals surface area contributed by atoms with Crippen molar-refractivity contribution in [3.8, 4) is 5.69 Å². The molecule has 4 bridgehead atoms. The average molecular weight is 365 g/mol. The first-order valence-corrected chi connectivity index (χ1v) is 10.5. The van der Waals surface area contributed by atoms with Crippen molar-refractivity contribution in [2.24, 2.45) is 23.7 Å². The molecule has 27 heavy (non-hydrogen) atoms. The number of nitrogens with zero attached hydrogens (tertiary/aromatic N) is 5. The molecule has 1 aromatic carbocycles. The zero-order chi connectivity index (χ0) is 17.8. The van der Waals surface area contributed by atoms with E-state index in [4.69, 9.17) is 9.84 Å². The third-order valence-electron chi connectivity index (χ3n) is 7.75. The number of hydrogen-bond donors (Lipinski definition) is 0. The van der Waals surface area contributed by atoms with Crippen LogP contribution in [0.2, 0.25) is 0 Å². The second kappa shape index (κ2) is 6.11. The Hall–Kier alpha value is -1.79. The van der Waals surface area contributed by atoms with Crippen molar-refractivity contribution in [1.82, 2.24) is 25.1 Å². The van der Waals surface area contributed by atoms with Gasteiger partial charge in [-0.3, -0.25) is 4.90 Å². The van der Waals surface area contributed by atoms with Gasteiger partial charge in [0.05, 0.1) is 24.4 Å². The zero-order valence-electron chi connectivity index (χ0n) is 15.7. The summed E-state index contributed by atoms with van der Waals surface area (Å²) < 4.78 is 7.75. The van der Waals surface area contributed by atoms with Crippen LogP contribution in [0.15, 0.2) is 30.3 Å². The number of hydrogen-bond acceptors (Lipinski definition) is 5. The van der Waals surface area contributed by atoms with E-state index in [9.17, 15) is 0 Å². The van der Waals surface area contributed by atoms with E-state index in [0.717, 1.165) is 49.7 Å². The lowest BCUT2D eigenvalue weighted by atomic mass is 9.47. The average Bonchev–Trinajstić information content (AvgIpc) is 3.19. The van der Waals surface area contributed by atoms with Gasteiger partial charge in [-0.15, -0.1) is 5.10 Å². The fourth-order valence-electron chi connectivity index (χ4n) is 7.04. The number of tetrazole rings is 1. The maximum absolute atomic E-state index is 5.72. The van der Waals surface area contributed by atoms with Crippen LogP contribution in [0.5, 0.6) is 0 Å². The maximum Gasteiger partial charge on any atom is 0.177 e. The molecule has 0 spiro atoms. The Labute approximate surface area is 159 Å². The van der Waals surface area contributed by atoms with Crippen LogP contribution >= 0.6 is 0 Å². The topological polar surface area (TPSA) is 56.1 Å². The molecule has 2 aromatic rings. The lowest BCUT2D eigenvalue weighted by Crippen LogP contribution is -2.66. The van der Waals surface area contributed by atoms with E-state index in [1.54, 1.807) is 0 Å². The Kier molecular flexibility index (Phi) is 3.66. The monoisotopic (exact) mass is 365 g/mol. The summed E-state index contributed by atoms with van der Waals surface area (Å²) in [5.41, 5.74) is 1.04. The van der Waals surface area contributed by atoms with Gasteiger partial charge in [0.1, 0.15) is 0 Å². The summed E-state index contributed by atoms with van der Waals surface area (Å²) in [5, 5.41) is 13.3. The summed E-state index contributed by atoms with van der Waals surface area (Å²) in [5.74, 6) is 4.25. The summed E-state index contributed by atoms with van der Waals surface area (Å²) in [4.78, 5) is 2.70. The molecular weight excluding hydrogens is 338 g/mol. The molecule has 5 aliphatic rings. The molecule has 2 heterocycles. The minimum absolute atomic E-state index is 0.0312. The Morgan fingerprint density at radius 3 is 2.22 bits per heavy atom. The molecule has 1 aliphatic heterocycles. The molecular formula is C21H27N5O. The lowest BCUT2D eigenvalue weighted by Gasteiger charge is -2.64. The summed E-state index contributed by atoms with van der Waals surface area (Å²) in [7, 11) is 0. The Morgan fingerprint density at radius 1 is 0.889 bits per heavy atom. The number of ether oxygens (including phenoxy) is 1. The summed E-state index contributed by atoms with van der Waals surface area (Å²) in [6.45, 7) is 3.62. The van der Waals surface area contributed by atoms with Gasteiger partial charge in [0.15, 0.2) is 5.82 Å². The van der Waals surface area contributed by atoms with Crippen LogP contribution in [0, 0.1) is 23.7 Å². The predicted octanol–water partition coefficient (Wildman–Crippen LogP) is 2.65. The lowest BCUT2D eigenvalue weighted by molar-refractivity contribution is -0.166. The molecule has 1 saturated heterocycles. The first-order chi connectivity index (χ1) is 13.4. The molecule has 142 valence electrons. The molecule has 6 nitrogen and oxygen atoms in total. The van der Waals surface area contributed by atoms with Crippen LogP contribution < -0.4 is 0 Å². The van der Waals surface area contributed by atoms with Crippen LogP contribution in [-0.4, -0.2) is 51.4 Å². The number of morpholine rings is 1. The fourth-order valence-corrected chi connectivity index (χ4v) is 7.04. The number of aromatic nitrogens is 4. The summed E-state index contributed by atoms with van der Waals surface area (Å²) >= 11 is 0. The van der Waals surface area contributed by atoms with Gasteiger partial charge in [-0.05, 0) is 78.3 Å². The second-order valence-corrected chi connectivity index (χ2v) is 8.98. The van der Waals surface area contributed by atoms with Gasteiger partial charge in [-0.1, -0.05) is 18.2 Å². The van der Waals surface area contributed by atoms with Gasteiger partial charge >= 0.3 is 0 Å². The van der Waals surface area contributed by atoms with E-state index in [0.29, 0.717) is 11.8 Å². The van der Waals surface area contributed by atoms with E-state index in [1.165, 1.54) is 32.1 Å². The fraction of sp³-hybridized carbons (Fsp3) is 0.667. The minimum Gasteiger partial charge on any atom is -0.379 e. The highest BCUT2D eigenvalue weighted by Gasteiger charge is 2.62. The third kappa shape index (κ3) is 2.29. The van der Waals surface area contributed by atoms with Crippen molar-refractivity contribution >= 4 is 0 Å². The second-order valence-electron chi connectivity index (χ2n) is 8.98. The van der Waals surface area contributed by atoms with Crippen LogP contribution in [0.4, 0.5) is 0 Å². The van der Waals surface area contributed by atoms with Crippen LogP contribution in [0.25, 0.3) is 5.69 Å². The van der Waals surface area contributed by atoms with Gasteiger partial charge < -0.3 is 4.74 Å². The van der Waals surface area contributed by atoms with Crippen LogP contribution in [0.1, 0.15) is 37.9 Å². The van der Waals surface area contributed by atoms with Crippen molar-refractivity contribution in [2.75, 3.05) is 26.3 Å². The van der Waals surface area contributed by atoms with Gasteiger partial charge in [0, 0.05) is 13.1 Å². The Morgan fingerprint density at radius 2 is 1.56 bits per heavy atom. The molecule has 7 rings (SSSR count). The van der Waals surface area contributed by atoms with Gasteiger partial charge in [-0.25, -0.2) is 0 Å². The SMILES string of the molecule is c1ccc(-n2nnnc2C2(N3CCOCC3)C3CC4CC(C3)CC2C4)cc1. The number of benzene rings is 1. The maximum atomic E-state index is 5.72. The van der Waals surface area contributed by atoms with E-state index < -0.39 is 0 Å². The Bertz CT molecular complexity index is 779. The third-order valence-corrected chi connectivity index (χ3v) is 7.75. The highest BCUT2D eigenvalue weighted by Crippen LogP contribution is 2.63. The van der Waals surface area contributed by atoms with E-state index in [2.05, 4.69) is 39.6 Å². The largest absolute Gasteiger partial charge is 0.379 e. The molecule has 0 atom stereocenters. The van der Waals surface area contributed by atoms with Gasteiger partial charge in [-0.2, -0.15) is 4.68 Å². The highest BCUT2D eigenvalue weighted by atomic mass is 16.5. The molecule has 1 aromatic heterocycles. The molecule has 0 unspecified atom stereocenters. The highest BCUT2D eigenvalue weighted by molar-refractivity contribution is 5.33. The summed E-state index contributed by atoms with van der Waals surface area (Å²) in [6, 6.07) is 10.4. The van der Waals surface area contributed by atoms with Crippen molar-refractivity contribution in [1.29, 1.82) is 0 Å². The molecule has 5 fully saturated rings. The predicted molar refractivity (Wildman–Crippen MR) is 100 cm³/mol. The molecule has 0 amide bonds. The normalized spacial score (nSPS) is 38.4. The molecule has 0 radical (unpaired) electrons. The quantitative estimate of drug-likeness (QED) is 0.837. The first kappa shape index (κ1) is 16.2. The Balaban J connectivity index is 1.52. The number of rotatable bonds is 3. The number of para-hydroxylation sites is 1. The molecule has 4 saturated carbocycles. The molecule has 0 N–H and O–H groups in total. The smallest absolute Gasteiger partial charge is 0.177 e. The first-order valence-electron chi connectivity index (χ1n) is 10.5. The van der Waals surface area contributed by atoms with Crippen molar-refractivity contribution in [2.45, 2.75) is 37.6 Å². The van der Waals surface area contributed by atoms with Gasteiger partial charge in [0.25, 0.3) is 0 Å². The van der Waals surface area contributed by atoms with E-state index in [1.807, 2.05) is 10.7 Å². The molecule has 6 heteroatoms. The van der Waals surface area contributed by atoms with E-state index >= 15 is 0 Å². The van der Waals surface area contributed by atoms with Crippen LogP contribution in [0.3, 0.4) is 0 Å².